The molecule has 1 aliphatic heterocycles. The second-order valence-corrected chi connectivity index (χ2v) is 6.19. The first-order chi connectivity index (χ1) is 11.8. The summed E-state index contributed by atoms with van der Waals surface area (Å²) in [6.07, 6.45) is 0. The van der Waals surface area contributed by atoms with E-state index in [1.807, 2.05) is 6.07 Å². The van der Waals surface area contributed by atoms with Gasteiger partial charge in [0.05, 0.1) is 0 Å². The van der Waals surface area contributed by atoms with Crippen LogP contribution in [-0.2, 0) is 6.54 Å². The quantitative estimate of drug-likeness (QED) is 0.770. The molecule has 0 saturated carbocycles. The van der Waals surface area contributed by atoms with Gasteiger partial charge in [-0.05, 0) is 47.0 Å². The van der Waals surface area contributed by atoms with E-state index in [1.165, 1.54) is 21.9 Å². The summed E-state index contributed by atoms with van der Waals surface area (Å²) >= 11 is 0. The van der Waals surface area contributed by atoms with Gasteiger partial charge in [0.15, 0.2) is 11.5 Å². The number of benzene rings is 3. The van der Waals surface area contributed by atoms with E-state index in [-0.39, 0.29) is 6.04 Å². The third-order valence-electron chi connectivity index (χ3n) is 4.49. The first-order valence-electron chi connectivity index (χ1n) is 8.40. The largest absolute Gasteiger partial charge is 0.486 e. The van der Waals surface area contributed by atoms with Crippen molar-refractivity contribution in [1.29, 1.82) is 0 Å². The van der Waals surface area contributed by atoms with Gasteiger partial charge in [-0.2, -0.15) is 0 Å². The van der Waals surface area contributed by atoms with E-state index < -0.39 is 0 Å². The van der Waals surface area contributed by atoms with Gasteiger partial charge < -0.3 is 14.8 Å². The number of hydrogen-bond donors (Lipinski definition) is 1. The summed E-state index contributed by atoms with van der Waals surface area (Å²) in [5.74, 6) is 1.69. The predicted octanol–water partition coefficient (Wildman–Crippen LogP) is 4.46. The van der Waals surface area contributed by atoms with Gasteiger partial charge in [-0.3, -0.25) is 0 Å². The Kier molecular flexibility index (Phi) is 4.09. The predicted molar refractivity (Wildman–Crippen MR) is 96.6 cm³/mol. The maximum atomic E-state index is 5.65. The molecule has 1 atom stereocenters. The number of nitrogens with one attached hydrogen (secondary N) is 1. The molecule has 4 rings (SSSR count). The van der Waals surface area contributed by atoms with Gasteiger partial charge >= 0.3 is 0 Å². The average Bonchev–Trinajstić information content (AvgIpc) is 2.65. The Bertz CT molecular complexity index is 859. The topological polar surface area (TPSA) is 30.5 Å². The molecule has 1 aliphatic rings. The van der Waals surface area contributed by atoms with Gasteiger partial charge in [-0.15, -0.1) is 0 Å². The van der Waals surface area contributed by atoms with Crippen molar-refractivity contribution < 1.29 is 9.47 Å². The van der Waals surface area contributed by atoms with Crippen LogP contribution in [0.3, 0.4) is 0 Å². The van der Waals surface area contributed by atoms with Crippen molar-refractivity contribution in [3.63, 3.8) is 0 Å². The molecule has 3 aromatic rings. The lowest BCUT2D eigenvalue weighted by Crippen LogP contribution is -2.19. The van der Waals surface area contributed by atoms with E-state index in [9.17, 15) is 0 Å². The van der Waals surface area contributed by atoms with E-state index in [4.69, 9.17) is 9.47 Å². The molecular weight excluding hydrogens is 298 g/mol. The molecule has 3 heteroatoms. The Morgan fingerprint density at radius 3 is 2.54 bits per heavy atom. The number of fused-ring (bicyclic) bond motifs is 2. The minimum atomic E-state index is 0.280. The number of hydrogen-bond acceptors (Lipinski definition) is 3. The fourth-order valence-electron chi connectivity index (χ4n) is 3.06. The Hall–Kier alpha value is -2.52. The second kappa shape index (κ2) is 6.54. The fraction of sp³-hybridized carbons (Fsp3) is 0.238. The Balaban J connectivity index is 1.46. The van der Waals surface area contributed by atoms with Gasteiger partial charge in [-0.1, -0.05) is 42.5 Å². The fourth-order valence-corrected chi connectivity index (χ4v) is 3.06. The SMILES string of the molecule is CC(NCc1ccc2c(c1)OCCO2)c1ccc2ccccc2c1. The van der Waals surface area contributed by atoms with Gasteiger partial charge in [0.1, 0.15) is 13.2 Å². The van der Waals surface area contributed by atoms with Gasteiger partial charge in [0, 0.05) is 12.6 Å². The van der Waals surface area contributed by atoms with Crippen LogP contribution in [0, 0.1) is 0 Å². The highest BCUT2D eigenvalue weighted by Gasteiger charge is 2.12. The summed E-state index contributed by atoms with van der Waals surface area (Å²) in [7, 11) is 0. The molecule has 1 N–H and O–H groups in total. The zero-order chi connectivity index (χ0) is 16.4. The van der Waals surface area contributed by atoms with Crippen molar-refractivity contribution in [2.24, 2.45) is 0 Å². The molecule has 0 aromatic heterocycles. The van der Waals surface area contributed by atoms with Crippen molar-refractivity contribution in [1.82, 2.24) is 5.32 Å². The molecule has 3 aromatic carbocycles. The molecular formula is C21H21NO2. The van der Waals surface area contributed by atoms with Crippen molar-refractivity contribution >= 4 is 10.8 Å². The normalized spacial score (nSPS) is 14.5. The maximum absolute atomic E-state index is 5.65. The summed E-state index contributed by atoms with van der Waals surface area (Å²) in [6, 6.07) is 21.5. The monoisotopic (exact) mass is 319 g/mol. The lowest BCUT2D eigenvalue weighted by Gasteiger charge is -2.20. The first kappa shape index (κ1) is 15.0. The third-order valence-corrected chi connectivity index (χ3v) is 4.49. The lowest BCUT2D eigenvalue weighted by atomic mass is 10.0. The molecule has 0 saturated heterocycles. The molecule has 0 spiro atoms. The highest BCUT2D eigenvalue weighted by Crippen LogP contribution is 2.31. The molecule has 0 amide bonds. The van der Waals surface area contributed by atoms with Crippen molar-refractivity contribution in [2.75, 3.05) is 13.2 Å². The molecule has 0 fully saturated rings. The van der Waals surface area contributed by atoms with E-state index >= 15 is 0 Å². The second-order valence-electron chi connectivity index (χ2n) is 6.19. The van der Waals surface area contributed by atoms with Gasteiger partial charge in [0.25, 0.3) is 0 Å². The minimum absolute atomic E-state index is 0.280. The first-order valence-corrected chi connectivity index (χ1v) is 8.40. The standard InChI is InChI=1S/C21H21NO2/c1-15(18-8-7-17-4-2-3-5-19(17)13-18)22-14-16-6-9-20-21(12-16)24-11-10-23-20/h2-9,12-13,15,22H,10-11,14H2,1H3. The Morgan fingerprint density at radius 1 is 0.875 bits per heavy atom. The molecule has 0 bridgehead atoms. The highest BCUT2D eigenvalue weighted by molar-refractivity contribution is 5.83. The Morgan fingerprint density at radius 2 is 1.67 bits per heavy atom. The lowest BCUT2D eigenvalue weighted by molar-refractivity contribution is 0.171. The molecule has 122 valence electrons. The van der Waals surface area contributed by atoms with Gasteiger partial charge in [0.2, 0.25) is 0 Å². The van der Waals surface area contributed by atoms with E-state index in [0.29, 0.717) is 13.2 Å². The number of ether oxygens (including phenoxy) is 2. The zero-order valence-electron chi connectivity index (χ0n) is 13.8. The van der Waals surface area contributed by atoms with E-state index in [0.717, 1.165) is 18.0 Å². The van der Waals surface area contributed by atoms with Crippen LogP contribution in [0.2, 0.25) is 0 Å². The number of rotatable bonds is 4. The molecule has 1 unspecified atom stereocenters. The maximum Gasteiger partial charge on any atom is 0.161 e. The highest BCUT2D eigenvalue weighted by atomic mass is 16.6. The van der Waals surface area contributed by atoms with Crippen LogP contribution < -0.4 is 14.8 Å². The van der Waals surface area contributed by atoms with Crippen molar-refractivity contribution in [2.45, 2.75) is 19.5 Å². The van der Waals surface area contributed by atoms with Crippen LogP contribution in [0.15, 0.2) is 60.7 Å². The van der Waals surface area contributed by atoms with Crippen molar-refractivity contribution in [3.05, 3.63) is 71.8 Å². The third kappa shape index (κ3) is 3.08. The average molecular weight is 319 g/mol. The smallest absolute Gasteiger partial charge is 0.161 e. The van der Waals surface area contributed by atoms with Crippen molar-refractivity contribution in [3.8, 4) is 11.5 Å². The van der Waals surface area contributed by atoms with Gasteiger partial charge in [-0.25, -0.2) is 0 Å². The molecule has 0 aliphatic carbocycles. The molecule has 1 heterocycles. The van der Waals surface area contributed by atoms with Crippen LogP contribution in [0.5, 0.6) is 11.5 Å². The zero-order valence-corrected chi connectivity index (χ0v) is 13.8. The summed E-state index contributed by atoms with van der Waals surface area (Å²) < 4.78 is 11.2. The molecule has 3 nitrogen and oxygen atoms in total. The van der Waals surface area contributed by atoms with Crippen LogP contribution in [0.4, 0.5) is 0 Å². The summed E-state index contributed by atoms with van der Waals surface area (Å²) in [4.78, 5) is 0. The summed E-state index contributed by atoms with van der Waals surface area (Å²) in [5, 5.41) is 6.15. The van der Waals surface area contributed by atoms with Crippen LogP contribution in [0.1, 0.15) is 24.1 Å². The molecule has 0 radical (unpaired) electrons. The summed E-state index contributed by atoms with van der Waals surface area (Å²) in [6.45, 7) is 4.24. The van der Waals surface area contributed by atoms with E-state index in [1.54, 1.807) is 0 Å². The van der Waals surface area contributed by atoms with E-state index in [2.05, 4.69) is 66.8 Å². The van der Waals surface area contributed by atoms with Crippen LogP contribution in [-0.4, -0.2) is 13.2 Å². The minimum Gasteiger partial charge on any atom is -0.486 e. The van der Waals surface area contributed by atoms with Crippen LogP contribution >= 0.6 is 0 Å². The summed E-state index contributed by atoms with van der Waals surface area (Å²) in [5.41, 5.74) is 2.50. The Labute approximate surface area is 142 Å². The van der Waals surface area contributed by atoms with Crippen LogP contribution in [0.25, 0.3) is 10.8 Å². The molecule has 24 heavy (non-hydrogen) atoms.